The average Bonchev–Trinajstić information content (AvgIpc) is 2.95. The number of phenolic OH excluding ortho intramolecular Hbond substituents is 1. The molecule has 23 heavy (non-hydrogen) atoms. The summed E-state index contributed by atoms with van der Waals surface area (Å²) in [5, 5.41) is 17.2. The van der Waals surface area contributed by atoms with Crippen molar-refractivity contribution in [3.05, 3.63) is 29.8 Å². The summed E-state index contributed by atoms with van der Waals surface area (Å²) in [4.78, 5) is 4.68. The number of nitrogens with one attached hydrogen (secondary N) is 2. The zero-order valence-electron chi connectivity index (χ0n) is 14.2. The number of phenols is 1. The van der Waals surface area contributed by atoms with Gasteiger partial charge in [-0.3, -0.25) is 4.99 Å². The summed E-state index contributed by atoms with van der Waals surface area (Å²) >= 11 is 2.08. The largest absolute Gasteiger partial charge is 0.508 e. The zero-order valence-corrected chi connectivity index (χ0v) is 15.0. The van der Waals surface area contributed by atoms with Crippen molar-refractivity contribution in [2.24, 2.45) is 4.99 Å². The van der Waals surface area contributed by atoms with Crippen LogP contribution in [0, 0.1) is 0 Å². The van der Waals surface area contributed by atoms with Crippen LogP contribution in [0.4, 0.5) is 0 Å². The Balaban J connectivity index is 1.82. The predicted molar refractivity (Wildman–Crippen MR) is 100 cm³/mol. The second-order valence-electron chi connectivity index (χ2n) is 5.91. The summed E-state index contributed by atoms with van der Waals surface area (Å²) in [6.45, 7) is 5.92. The van der Waals surface area contributed by atoms with Crippen molar-refractivity contribution in [3.8, 4) is 5.75 Å². The highest BCUT2D eigenvalue weighted by Gasteiger charge is 2.24. The third-order valence-electron chi connectivity index (χ3n) is 4.05. The van der Waals surface area contributed by atoms with Crippen molar-refractivity contribution in [2.45, 2.75) is 50.8 Å². The molecule has 5 heteroatoms. The molecule has 0 aliphatic heterocycles. The van der Waals surface area contributed by atoms with Crippen LogP contribution >= 0.6 is 11.8 Å². The van der Waals surface area contributed by atoms with Gasteiger partial charge in [0.25, 0.3) is 0 Å². The molecule has 1 aliphatic carbocycles. The van der Waals surface area contributed by atoms with Gasteiger partial charge in [-0.2, -0.15) is 11.8 Å². The maximum absolute atomic E-state index is 9.50. The van der Waals surface area contributed by atoms with Crippen molar-refractivity contribution in [1.82, 2.24) is 10.6 Å². The lowest BCUT2D eigenvalue weighted by atomic mass is 10.1. The number of benzene rings is 1. The van der Waals surface area contributed by atoms with E-state index in [0.29, 0.717) is 11.8 Å². The molecule has 128 valence electrons. The molecule has 4 nitrogen and oxygen atoms in total. The number of nitrogens with zero attached hydrogens (tertiary/aromatic N) is 1. The van der Waals surface area contributed by atoms with Gasteiger partial charge >= 0.3 is 0 Å². The van der Waals surface area contributed by atoms with Crippen LogP contribution < -0.4 is 10.6 Å². The molecule has 1 fully saturated rings. The SMILES string of the molecule is CCNC(=NCCc1cccc(O)c1)NC1CCC(SCC)C1. The number of thioether (sulfide) groups is 1. The Labute approximate surface area is 144 Å². The van der Waals surface area contributed by atoms with E-state index in [-0.39, 0.29) is 0 Å². The van der Waals surface area contributed by atoms with Crippen molar-refractivity contribution in [3.63, 3.8) is 0 Å². The van der Waals surface area contributed by atoms with Gasteiger partial charge in [-0.25, -0.2) is 0 Å². The molecule has 2 atom stereocenters. The molecule has 0 saturated heterocycles. The standard InChI is InChI=1S/C18H29N3OS/c1-3-19-18(21-15-8-9-17(13-15)23-4-2)20-11-10-14-6-5-7-16(22)12-14/h5-7,12,15,17,22H,3-4,8-11,13H2,1-2H3,(H2,19,20,21). The number of hydrogen-bond acceptors (Lipinski definition) is 3. The maximum Gasteiger partial charge on any atom is 0.191 e. The zero-order chi connectivity index (χ0) is 16.5. The van der Waals surface area contributed by atoms with Gasteiger partial charge in [0.2, 0.25) is 0 Å². The van der Waals surface area contributed by atoms with Gasteiger partial charge in [0, 0.05) is 24.4 Å². The first kappa shape index (κ1) is 18.0. The first-order valence-corrected chi connectivity index (χ1v) is 9.70. The fourth-order valence-corrected chi connectivity index (χ4v) is 4.12. The van der Waals surface area contributed by atoms with E-state index in [1.165, 1.54) is 25.0 Å². The fraction of sp³-hybridized carbons (Fsp3) is 0.611. The summed E-state index contributed by atoms with van der Waals surface area (Å²) in [5.74, 6) is 2.44. The monoisotopic (exact) mass is 335 g/mol. The summed E-state index contributed by atoms with van der Waals surface area (Å²) in [6, 6.07) is 7.95. The third kappa shape index (κ3) is 6.34. The minimum atomic E-state index is 0.321. The molecule has 1 saturated carbocycles. The summed E-state index contributed by atoms with van der Waals surface area (Å²) in [5.41, 5.74) is 1.12. The molecule has 1 aromatic carbocycles. The molecule has 2 rings (SSSR count). The fourth-order valence-electron chi connectivity index (χ4n) is 2.98. The van der Waals surface area contributed by atoms with Crippen molar-refractivity contribution >= 4 is 17.7 Å². The van der Waals surface area contributed by atoms with Crippen molar-refractivity contribution < 1.29 is 5.11 Å². The van der Waals surface area contributed by atoms with Crippen molar-refractivity contribution in [2.75, 3.05) is 18.8 Å². The van der Waals surface area contributed by atoms with Crippen LogP contribution in [0.15, 0.2) is 29.3 Å². The van der Waals surface area contributed by atoms with E-state index in [0.717, 1.165) is 36.3 Å². The van der Waals surface area contributed by atoms with E-state index < -0.39 is 0 Å². The normalized spacial score (nSPS) is 21.4. The molecular weight excluding hydrogens is 306 g/mol. The maximum atomic E-state index is 9.50. The van der Waals surface area contributed by atoms with Crippen LogP contribution in [-0.4, -0.2) is 41.2 Å². The van der Waals surface area contributed by atoms with Crippen LogP contribution in [-0.2, 0) is 6.42 Å². The van der Waals surface area contributed by atoms with Crippen LogP contribution in [0.2, 0.25) is 0 Å². The molecule has 1 aromatic rings. The van der Waals surface area contributed by atoms with E-state index in [1.807, 2.05) is 12.1 Å². The van der Waals surface area contributed by atoms with Crippen LogP contribution in [0.25, 0.3) is 0 Å². The molecular formula is C18H29N3OS. The van der Waals surface area contributed by atoms with Gasteiger partial charge in [0.1, 0.15) is 5.75 Å². The molecule has 2 unspecified atom stereocenters. The highest BCUT2D eigenvalue weighted by molar-refractivity contribution is 7.99. The Kier molecular flexibility index (Phi) is 7.59. The molecule has 1 aliphatic rings. The number of guanidine groups is 1. The van der Waals surface area contributed by atoms with Gasteiger partial charge in [-0.1, -0.05) is 19.1 Å². The lowest BCUT2D eigenvalue weighted by Crippen LogP contribution is -2.42. The third-order valence-corrected chi connectivity index (χ3v) is 5.29. The molecule has 0 heterocycles. The van der Waals surface area contributed by atoms with E-state index in [4.69, 9.17) is 0 Å². The molecule has 0 radical (unpaired) electrons. The minimum Gasteiger partial charge on any atom is -0.508 e. The highest BCUT2D eigenvalue weighted by Crippen LogP contribution is 2.29. The molecule has 0 bridgehead atoms. The van der Waals surface area contributed by atoms with E-state index in [9.17, 15) is 5.11 Å². The van der Waals surface area contributed by atoms with Gasteiger partial charge in [-0.05, 0) is 56.1 Å². The number of aliphatic imine (C=N–C) groups is 1. The molecule has 0 spiro atoms. The number of aromatic hydroxyl groups is 1. The second-order valence-corrected chi connectivity index (χ2v) is 7.49. The first-order chi connectivity index (χ1) is 11.2. The molecule has 0 amide bonds. The van der Waals surface area contributed by atoms with Crippen LogP contribution in [0.3, 0.4) is 0 Å². The summed E-state index contributed by atoms with van der Waals surface area (Å²) in [7, 11) is 0. The average molecular weight is 336 g/mol. The number of rotatable bonds is 7. The second kappa shape index (κ2) is 9.71. The van der Waals surface area contributed by atoms with Crippen LogP contribution in [0.5, 0.6) is 5.75 Å². The first-order valence-electron chi connectivity index (χ1n) is 8.65. The number of hydrogen-bond donors (Lipinski definition) is 3. The van der Waals surface area contributed by atoms with Gasteiger partial charge in [0.05, 0.1) is 0 Å². The van der Waals surface area contributed by atoms with Gasteiger partial charge < -0.3 is 15.7 Å². The lowest BCUT2D eigenvalue weighted by molar-refractivity contribution is 0.474. The van der Waals surface area contributed by atoms with E-state index in [2.05, 4.69) is 41.2 Å². The smallest absolute Gasteiger partial charge is 0.191 e. The summed E-state index contributed by atoms with van der Waals surface area (Å²) < 4.78 is 0. The highest BCUT2D eigenvalue weighted by atomic mass is 32.2. The van der Waals surface area contributed by atoms with Crippen molar-refractivity contribution in [1.29, 1.82) is 0 Å². The Hall–Kier alpha value is -1.36. The molecule has 3 N–H and O–H groups in total. The quantitative estimate of drug-likeness (QED) is 0.529. The summed E-state index contributed by atoms with van der Waals surface area (Å²) in [6.07, 6.45) is 4.60. The van der Waals surface area contributed by atoms with Gasteiger partial charge in [-0.15, -0.1) is 0 Å². The van der Waals surface area contributed by atoms with E-state index >= 15 is 0 Å². The minimum absolute atomic E-state index is 0.321. The van der Waals surface area contributed by atoms with Crippen LogP contribution in [0.1, 0.15) is 38.7 Å². The molecule has 0 aromatic heterocycles. The Morgan fingerprint density at radius 2 is 2.22 bits per heavy atom. The topological polar surface area (TPSA) is 56.7 Å². The Morgan fingerprint density at radius 1 is 1.35 bits per heavy atom. The van der Waals surface area contributed by atoms with Gasteiger partial charge in [0.15, 0.2) is 5.96 Å². The lowest BCUT2D eigenvalue weighted by Gasteiger charge is -2.17. The Morgan fingerprint density at radius 3 is 2.96 bits per heavy atom. The Bertz CT molecular complexity index is 507. The van der Waals surface area contributed by atoms with E-state index in [1.54, 1.807) is 12.1 Å². The predicted octanol–water partition coefficient (Wildman–Crippen LogP) is 3.16.